The van der Waals surface area contributed by atoms with Gasteiger partial charge in [-0.1, -0.05) is 46.3 Å². The number of amides is 2. The maximum Gasteiger partial charge on any atom is 0.227 e. The molecule has 2 amide bonds. The first-order valence-corrected chi connectivity index (χ1v) is 9.28. The number of halogens is 1. The quantitative estimate of drug-likeness (QED) is 0.808. The molecule has 0 aromatic heterocycles. The fraction of sp³-hybridized carbons (Fsp3) is 0.300. The van der Waals surface area contributed by atoms with Gasteiger partial charge in [0.2, 0.25) is 11.8 Å². The second-order valence-electron chi connectivity index (χ2n) is 6.33. The van der Waals surface area contributed by atoms with Gasteiger partial charge in [0.15, 0.2) is 0 Å². The molecule has 1 aliphatic heterocycles. The lowest BCUT2D eigenvalue weighted by atomic mass is 10.1. The summed E-state index contributed by atoms with van der Waals surface area (Å²) in [6.45, 7) is 2.29. The van der Waals surface area contributed by atoms with Gasteiger partial charge in [-0.05, 0) is 30.7 Å². The predicted molar refractivity (Wildman–Crippen MR) is 104 cm³/mol. The predicted octanol–water partition coefficient (Wildman–Crippen LogP) is 3.69. The summed E-state index contributed by atoms with van der Waals surface area (Å²) >= 11 is 3.51. The number of para-hydroxylation sites is 2. The van der Waals surface area contributed by atoms with Crippen molar-refractivity contribution < 1.29 is 14.3 Å². The lowest BCUT2D eigenvalue weighted by Crippen LogP contribution is -2.34. The van der Waals surface area contributed by atoms with Gasteiger partial charge in [-0.25, -0.2) is 0 Å². The molecule has 6 heteroatoms. The van der Waals surface area contributed by atoms with Gasteiger partial charge in [0.1, 0.15) is 5.75 Å². The standard InChI is InChI=1S/C20H21BrN2O3/c1-13(15-7-3-4-8-16(15)21)22-20(25)14-11-19(24)23(12-14)17-9-5-6-10-18(17)26-2/h3-10,13-14H,11-12H2,1-2H3,(H,22,25). The number of carbonyl (C=O) groups is 2. The highest BCUT2D eigenvalue weighted by molar-refractivity contribution is 9.10. The molecule has 1 fully saturated rings. The maximum atomic E-state index is 12.7. The van der Waals surface area contributed by atoms with E-state index in [0.29, 0.717) is 18.0 Å². The van der Waals surface area contributed by atoms with Gasteiger partial charge in [0, 0.05) is 17.4 Å². The molecule has 1 saturated heterocycles. The average molecular weight is 417 g/mol. The van der Waals surface area contributed by atoms with Crippen molar-refractivity contribution in [1.29, 1.82) is 0 Å². The first-order valence-electron chi connectivity index (χ1n) is 8.49. The van der Waals surface area contributed by atoms with Crippen LogP contribution in [0.2, 0.25) is 0 Å². The number of benzene rings is 2. The zero-order valence-electron chi connectivity index (χ0n) is 14.7. The molecular formula is C20H21BrN2O3. The number of hydrogen-bond acceptors (Lipinski definition) is 3. The Balaban J connectivity index is 1.70. The smallest absolute Gasteiger partial charge is 0.227 e. The van der Waals surface area contributed by atoms with Crippen LogP contribution in [0.1, 0.15) is 24.9 Å². The molecule has 1 aliphatic rings. The lowest BCUT2D eigenvalue weighted by Gasteiger charge is -2.20. The van der Waals surface area contributed by atoms with Crippen molar-refractivity contribution in [3.8, 4) is 5.75 Å². The van der Waals surface area contributed by atoms with Crippen molar-refractivity contribution in [2.45, 2.75) is 19.4 Å². The summed E-state index contributed by atoms with van der Waals surface area (Å²) in [5.74, 6) is 0.0723. The molecule has 26 heavy (non-hydrogen) atoms. The van der Waals surface area contributed by atoms with E-state index < -0.39 is 0 Å². The van der Waals surface area contributed by atoms with Gasteiger partial charge in [-0.2, -0.15) is 0 Å². The highest BCUT2D eigenvalue weighted by Gasteiger charge is 2.36. The molecule has 2 aromatic carbocycles. The minimum absolute atomic E-state index is 0.0665. The molecule has 0 spiro atoms. The Kier molecular flexibility index (Phi) is 5.61. The molecule has 0 bridgehead atoms. The third-order valence-electron chi connectivity index (χ3n) is 4.60. The number of carbonyl (C=O) groups excluding carboxylic acids is 2. The van der Waals surface area contributed by atoms with Crippen LogP contribution in [0.5, 0.6) is 5.75 Å². The molecule has 3 rings (SSSR count). The molecule has 5 nitrogen and oxygen atoms in total. The second-order valence-corrected chi connectivity index (χ2v) is 7.18. The van der Waals surface area contributed by atoms with Crippen LogP contribution in [-0.4, -0.2) is 25.5 Å². The Morgan fingerprint density at radius 3 is 2.65 bits per heavy atom. The van der Waals surface area contributed by atoms with Gasteiger partial charge >= 0.3 is 0 Å². The Morgan fingerprint density at radius 1 is 1.23 bits per heavy atom. The van der Waals surface area contributed by atoms with Crippen molar-refractivity contribution in [2.75, 3.05) is 18.6 Å². The molecule has 2 unspecified atom stereocenters. The van der Waals surface area contributed by atoms with Crippen LogP contribution in [0.25, 0.3) is 0 Å². The van der Waals surface area contributed by atoms with Crippen molar-refractivity contribution in [3.05, 3.63) is 58.6 Å². The van der Waals surface area contributed by atoms with Gasteiger partial charge in [-0.15, -0.1) is 0 Å². The molecule has 0 saturated carbocycles. The first kappa shape index (κ1) is 18.5. The third kappa shape index (κ3) is 3.75. The Morgan fingerprint density at radius 2 is 1.92 bits per heavy atom. The monoisotopic (exact) mass is 416 g/mol. The van der Waals surface area contributed by atoms with Crippen molar-refractivity contribution >= 4 is 33.4 Å². The summed E-state index contributed by atoms with van der Waals surface area (Å²) in [4.78, 5) is 26.8. The number of hydrogen-bond donors (Lipinski definition) is 1. The number of methoxy groups -OCH3 is 1. The van der Waals surface area contributed by atoms with E-state index in [0.717, 1.165) is 10.0 Å². The van der Waals surface area contributed by atoms with Crippen LogP contribution >= 0.6 is 15.9 Å². The largest absolute Gasteiger partial charge is 0.495 e. The van der Waals surface area contributed by atoms with E-state index in [9.17, 15) is 9.59 Å². The van der Waals surface area contributed by atoms with Gasteiger partial charge in [0.05, 0.1) is 24.8 Å². The highest BCUT2D eigenvalue weighted by atomic mass is 79.9. The van der Waals surface area contributed by atoms with E-state index >= 15 is 0 Å². The summed E-state index contributed by atoms with van der Waals surface area (Å²) in [6, 6.07) is 15.0. The van der Waals surface area contributed by atoms with Crippen LogP contribution in [-0.2, 0) is 9.59 Å². The van der Waals surface area contributed by atoms with Gasteiger partial charge < -0.3 is 15.0 Å². The summed E-state index contributed by atoms with van der Waals surface area (Å²) in [6.07, 6.45) is 0.201. The number of nitrogens with zero attached hydrogens (tertiary/aromatic N) is 1. The molecule has 1 heterocycles. The van der Waals surface area contributed by atoms with Crippen LogP contribution < -0.4 is 15.0 Å². The second kappa shape index (κ2) is 7.91. The van der Waals surface area contributed by atoms with E-state index in [2.05, 4.69) is 21.2 Å². The van der Waals surface area contributed by atoms with Crippen LogP contribution in [0.4, 0.5) is 5.69 Å². The average Bonchev–Trinajstić information content (AvgIpc) is 3.03. The van der Waals surface area contributed by atoms with Crippen molar-refractivity contribution in [3.63, 3.8) is 0 Å². The molecule has 0 radical (unpaired) electrons. The fourth-order valence-corrected chi connectivity index (χ4v) is 3.83. The lowest BCUT2D eigenvalue weighted by molar-refractivity contribution is -0.126. The van der Waals surface area contributed by atoms with E-state index in [4.69, 9.17) is 4.74 Å². The number of anilines is 1. The van der Waals surface area contributed by atoms with Crippen LogP contribution in [0, 0.1) is 5.92 Å². The summed E-state index contributed by atoms with van der Waals surface area (Å²) in [7, 11) is 1.57. The molecule has 0 aliphatic carbocycles. The summed E-state index contributed by atoms with van der Waals surface area (Å²) < 4.78 is 6.29. The fourth-order valence-electron chi connectivity index (χ4n) is 3.20. The Labute approximate surface area is 161 Å². The normalized spacial score (nSPS) is 17.9. The zero-order valence-corrected chi connectivity index (χ0v) is 16.3. The molecule has 2 aromatic rings. The number of nitrogens with one attached hydrogen (secondary N) is 1. The highest BCUT2D eigenvalue weighted by Crippen LogP contribution is 2.33. The van der Waals surface area contributed by atoms with Gasteiger partial charge in [-0.3, -0.25) is 9.59 Å². The van der Waals surface area contributed by atoms with Gasteiger partial charge in [0.25, 0.3) is 0 Å². The molecule has 1 N–H and O–H groups in total. The third-order valence-corrected chi connectivity index (χ3v) is 5.32. The Hall–Kier alpha value is -2.34. The van der Waals surface area contributed by atoms with Crippen molar-refractivity contribution in [2.24, 2.45) is 5.92 Å². The number of rotatable bonds is 5. The molecular weight excluding hydrogens is 396 g/mol. The SMILES string of the molecule is COc1ccccc1N1CC(C(=O)NC(C)c2ccccc2Br)CC1=O. The summed E-state index contributed by atoms with van der Waals surface area (Å²) in [5.41, 5.74) is 1.71. The zero-order chi connectivity index (χ0) is 18.7. The maximum absolute atomic E-state index is 12.7. The molecule has 136 valence electrons. The first-order chi connectivity index (χ1) is 12.5. The molecule has 2 atom stereocenters. The summed E-state index contributed by atoms with van der Waals surface area (Å²) in [5, 5.41) is 3.02. The van der Waals surface area contributed by atoms with Crippen molar-refractivity contribution in [1.82, 2.24) is 5.32 Å². The van der Waals surface area contributed by atoms with Crippen LogP contribution in [0.3, 0.4) is 0 Å². The van der Waals surface area contributed by atoms with E-state index in [1.165, 1.54) is 0 Å². The van der Waals surface area contributed by atoms with E-state index in [1.807, 2.05) is 55.5 Å². The minimum atomic E-state index is -0.377. The van der Waals surface area contributed by atoms with E-state index in [1.54, 1.807) is 12.0 Å². The minimum Gasteiger partial charge on any atom is -0.495 e. The van der Waals surface area contributed by atoms with E-state index in [-0.39, 0.29) is 30.2 Å². The number of ether oxygens (including phenoxy) is 1. The topological polar surface area (TPSA) is 58.6 Å². The Bertz CT molecular complexity index is 824. The van der Waals surface area contributed by atoms with Crippen LogP contribution in [0.15, 0.2) is 53.0 Å².